The summed E-state index contributed by atoms with van der Waals surface area (Å²) in [5, 5.41) is 0. The van der Waals surface area contributed by atoms with Crippen molar-refractivity contribution < 1.29 is 18.7 Å². The van der Waals surface area contributed by atoms with Gasteiger partial charge in [-0.05, 0) is 42.4 Å². The lowest BCUT2D eigenvalue weighted by atomic mass is 9.80. The van der Waals surface area contributed by atoms with Gasteiger partial charge in [0, 0.05) is 24.4 Å². The second-order valence-electron chi connectivity index (χ2n) is 8.42. The molecule has 31 heavy (non-hydrogen) atoms. The molecular formula is C25H33FN2O3. The van der Waals surface area contributed by atoms with Crippen LogP contribution in [0.1, 0.15) is 71.6 Å². The van der Waals surface area contributed by atoms with E-state index in [1.165, 1.54) is 63.5 Å². The summed E-state index contributed by atoms with van der Waals surface area (Å²) in [5.74, 6) is 0.316. The molecule has 3 rings (SSSR count). The molecule has 5 nitrogen and oxygen atoms in total. The van der Waals surface area contributed by atoms with Crippen LogP contribution in [0.5, 0.6) is 11.8 Å². The predicted molar refractivity (Wildman–Crippen MR) is 118 cm³/mol. The maximum absolute atomic E-state index is 14.2. The summed E-state index contributed by atoms with van der Waals surface area (Å²) in [7, 11) is 0. The van der Waals surface area contributed by atoms with E-state index >= 15 is 0 Å². The minimum Gasteiger partial charge on any atom is -0.463 e. The monoisotopic (exact) mass is 428 g/mol. The van der Waals surface area contributed by atoms with E-state index in [0.29, 0.717) is 29.7 Å². The molecular weight excluding hydrogens is 395 g/mol. The number of carbonyl (C=O) groups excluding carboxylic acids is 1. The lowest BCUT2D eigenvalue weighted by molar-refractivity contribution is -0.134. The zero-order chi connectivity index (χ0) is 22.1. The van der Waals surface area contributed by atoms with E-state index in [9.17, 15) is 9.18 Å². The molecule has 0 N–H and O–H groups in total. The molecule has 1 aromatic heterocycles. The molecule has 0 amide bonds. The van der Waals surface area contributed by atoms with Crippen LogP contribution in [0.2, 0.25) is 0 Å². The highest BCUT2D eigenvalue weighted by Gasteiger charge is 2.21. The van der Waals surface area contributed by atoms with Gasteiger partial charge < -0.3 is 9.47 Å². The van der Waals surface area contributed by atoms with Crippen LogP contribution >= 0.6 is 0 Å². The van der Waals surface area contributed by atoms with Gasteiger partial charge in [0.05, 0.1) is 6.61 Å². The molecule has 6 heteroatoms. The molecule has 0 saturated heterocycles. The fourth-order valence-corrected chi connectivity index (χ4v) is 4.06. The summed E-state index contributed by atoms with van der Waals surface area (Å²) in [5.41, 5.74) is 1.29. The SMILES string of the molecule is CCCCC[C@H]1CC[C@H](COc2ncc(-c3ccc(OC(=O)CC)c(F)c3)cn2)CC1. The Morgan fingerprint density at radius 2 is 1.74 bits per heavy atom. The van der Waals surface area contributed by atoms with Crippen LogP contribution in [0, 0.1) is 17.7 Å². The van der Waals surface area contributed by atoms with Crippen molar-refractivity contribution in [3.05, 3.63) is 36.4 Å². The molecule has 0 atom stereocenters. The zero-order valence-corrected chi connectivity index (χ0v) is 18.6. The van der Waals surface area contributed by atoms with Gasteiger partial charge in [-0.1, -0.05) is 58.4 Å². The van der Waals surface area contributed by atoms with Crippen molar-refractivity contribution in [3.8, 4) is 22.9 Å². The maximum atomic E-state index is 14.2. The van der Waals surface area contributed by atoms with Crippen LogP contribution < -0.4 is 9.47 Å². The molecule has 0 radical (unpaired) electrons. The van der Waals surface area contributed by atoms with Gasteiger partial charge in [0.2, 0.25) is 0 Å². The van der Waals surface area contributed by atoms with E-state index in [4.69, 9.17) is 9.47 Å². The number of halogens is 1. The van der Waals surface area contributed by atoms with Crippen LogP contribution in [-0.2, 0) is 4.79 Å². The summed E-state index contributed by atoms with van der Waals surface area (Å²) in [4.78, 5) is 19.9. The number of unbranched alkanes of at least 4 members (excludes halogenated alkanes) is 2. The molecule has 0 unspecified atom stereocenters. The van der Waals surface area contributed by atoms with Gasteiger partial charge in [0.15, 0.2) is 11.6 Å². The summed E-state index contributed by atoms with van der Waals surface area (Å²) in [6, 6.07) is 4.79. The van der Waals surface area contributed by atoms with E-state index in [1.807, 2.05) is 0 Å². The third kappa shape index (κ3) is 7.01. The molecule has 1 aliphatic carbocycles. The van der Waals surface area contributed by atoms with Crippen molar-refractivity contribution in [2.24, 2.45) is 11.8 Å². The Hall–Kier alpha value is -2.50. The van der Waals surface area contributed by atoms with E-state index in [0.717, 1.165) is 5.92 Å². The lowest BCUT2D eigenvalue weighted by Crippen LogP contribution is -2.20. The lowest BCUT2D eigenvalue weighted by Gasteiger charge is -2.28. The van der Waals surface area contributed by atoms with Crippen LogP contribution in [0.4, 0.5) is 4.39 Å². The first kappa shape index (κ1) is 23.2. The van der Waals surface area contributed by atoms with Crippen molar-refractivity contribution >= 4 is 5.97 Å². The van der Waals surface area contributed by atoms with E-state index in [1.54, 1.807) is 25.4 Å². The molecule has 1 saturated carbocycles. The normalized spacial score (nSPS) is 18.5. The molecule has 1 aromatic carbocycles. The first-order chi connectivity index (χ1) is 15.1. The van der Waals surface area contributed by atoms with E-state index < -0.39 is 11.8 Å². The Balaban J connectivity index is 1.47. The van der Waals surface area contributed by atoms with Gasteiger partial charge in [0.25, 0.3) is 0 Å². The number of benzene rings is 1. The average Bonchev–Trinajstić information content (AvgIpc) is 2.80. The number of hydrogen-bond acceptors (Lipinski definition) is 5. The zero-order valence-electron chi connectivity index (χ0n) is 18.6. The van der Waals surface area contributed by atoms with E-state index in [-0.39, 0.29) is 12.2 Å². The van der Waals surface area contributed by atoms with Gasteiger partial charge >= 0.3 is 12.0 Å². The van der Waals surface area contributed by atoms with Gasteiger partial charge in [-0.2, -0.15) is 0 Å². The topological polar surface area (TPSA) is 61.3 Å². The van der Waals surface area contributed by atoms with Gasteiger partial charge in [0.1, 0.15) is 0 Å². The molecule has 0 bridgehead atoms. The van der Waals surface area contributed by atoms with Crippen LogP contribution in [-0.4, -0.2) is 22.5 Å². The number of nitrogens with zero attached hydrogens (tertiary/aromatic N) is 2. The summed E-state index contributed by atoms with van der Waals surface area (Å²) >= 11 is 0. The number of hydrogen-bond donors (Lipinski definition) is 0. The van der Waals surface area contributed by atoms with Gasteiger partial charge in [-0.3, -0.25) is 4.79 Å². The second kappa shape index (κ2) is 11.8. The third-order valence-corrected chi connectivity index (χ3v) is 6.04. The predicted octanol–water partition coefficient (Wildman–Crippen LogP) is 6.36. The first-order valence-corrected chi connectivity index (χ1v) is 11.5. The Labute approximate surface area is 184 Å². The van der Waals surface area contributed by atoms with Gasteiger partial charge in [-0.15, -0.1) is 0 Å². The minimum absolute atomic E-state index is 0.0726. The smallest absolute Gasteiger partial charge is 0.316 e. The van der Waals surface area contributed by atoms with Crippen molar-refractivity contribution in [1.29, 1.82) is 0 Å². The summed E-state index contributed by atoms with van der Waals surface area (Å²) < 4.78 is 25.0. The molecule has 0 spiro atoms. The van der Waals surface area contributed by atoms with Crippen LogP contribution in [0.25, 0.3) is 11.1 Å². The fraction of sp³-hybridized carbons (Fsp3) is 0.560. The number of carbonyl (C=O) groups is 1. The molecule has 0 aliphatic heterocycles. The number of aromatic nitrogens is 2. The third-order valence-electron chi connectivity index (χ3n) is 6.04. The number of rotatable bonds is 10. The summed E-state index contributed by atoms with van der Waals surface area (Å²) in [6.45, 7) is 4.56. The molecule has 1 fully saturated rings. The Bertz CT molecular complexity index is 833. The number of esters is 1. The minimum atomic E-state index is -0.593. The Morgan fingerprint density at radius 1 is 1.03 bits per heavy atom. The average molecular weight is 429 g/mol. The highest BCUT2D eigenvalue weighted by molar-refractivity contribution is 5.72. The molecule has 1 heterocycles. The molecule has 1 aliphatic rings. The Morgan fingerprint density at radius 3 is 2.39 bits per heavy atom. The standard InChI is InChI=1S/C25H33FN2O3/c1-3-5-6-7-18-8-10-19(11-9-18)17-30-25-27-15-21(16-28-25)20-12-13-23(22(26)14-20)31-24(29)4-2/h12-16,18-19H,3-11,17H2,1-2H3/t18-,19-. The van der Waals surface area contributed by atoms with Crippen LogP contribution in [0.15, 0.2) is 30.6 Å². The fourth-order valence-electron chi connectivity index (χ4n) is 4.06. The van der Waals surface area contributed by atoms with Crippen molar-refractivity contribution in [3.63, 3.8) is 0 Å². The van der Waals surface area contributed by atoms with Crippen molar-refractivity contribution in [1.82, 2.24) is 9.97 Å². The Kier molecular flexibility index (Phi) is 8.80. The quantitative estimate of drug-likeness (QED) is 0.250. The first-order valence-electron chi connectivity index (χ1n) is 11.5. The van der Waals surface area contributed by atoms with Gasteiger partial charge in [-0.25, -0.2) is 14.4 Å². The van der Waals surface area contributed by atoms with Crippen molar-refractivity contribution in [2.45, 2.75) is 71.6 Å². The highest BCUT2D eigenvalue weighted by atomic mass is 19.1. The van der Waals surface area contributed by atoms with Crippen LogP contribution in [0.3, 0.4) is 0 Å². The molecule has 2 aromatic rings. The highest BCUT2D eigenvalue weighted by Crippen LogP contribution is 2.32. The maximum Gasteiger partial charge on any atom is 0.316 e. The van der Waals surface area contributed by atoms with E-state index in [2.05, 4.69) is 16.9 Å². The van der Waals surface area contributed by atoms with Crippen molar-refractivity contribution in [2.75, 3.05) is 6.61 Å². The summed E-state index contributed by atoms with van der Waals surface area (Å²) in [6.07, 6.45) is 13.8. The molecule has 168 valence electrons. The largest absolute Gasteiger partial charge is 0.463 e. The second-order valence-corrected chi connectivity index (χ2v) is 8.42. The number of ether oxygens (including phenoxy) is 2.